The van der Waals surface area contributed by atoms with E-state index in [1.165, 1.54) is 4.31 Å². The lowest BCUT2D eigenvalue weighted by Gasteiger charge is -2.22. The second-order valence-electron chi connectivity index (χ2n) is 6.10. The van der Waals surface area contributed by atoms with Crippen molar-refractivity contribution in [3.63, 3.8) is 0 Å². The second kappa shape index (κ2) is 7.86. The Labute approximate surface area is 167 Å². The molecule has 9 heteroatoms. The van der Waals surface area contributed by atoms with Gasteiger partial charge in [-0.3, -0.25) is 4.79 Å². The molecule has 1 fully saturated rings. The number of aryl methyl sites for hydroxylation is 1. The molecule has 140 valence electrons. The molecule has 3 rings (SSSR count). The predicted molar refractivity (Wildman–Crippen MR) is 105 cm³/mol. The fourth-order valence-corrected chi connectivity index (χ4v) is 5.77. The first-order chi connectivity index (χ1) is 12.3. The molecule has 0 spiro atoms. The number of halogens is 2. The third-order valence-corrected chi connectivity index (χ3v) is 7.69. The highest BCUT2D eigenvalue weighted by atomic mass is 35.5. The third kappa shape index (κ3) is 4.07. The standard InChI is InChI=1S/C17H18Cl2N2O3S2/c1-12-3-5-13(6-4-12)26(23,24)21-8-2-7-20(9-10-21)17(22)14-11-15(18)25-16(14)19/h3-6,11H,2,7-10H2,1H3. The molecule has 1 aliphatic rings. The maximum Gasteiger partial charge on any atom is 0.256 e. The monoisotopic (exact) mass is 432 g/mol. The lowest BCUT2D eigenvalue weighted by atomic mass is 10.2. The Bertz CT molecular complexity index is 911. The summed E-state index contributed by atoms with van der Waals surface area (Å²) in [6.45, 7) is 3.32. The number of benzene rings is 1. The van der Waals surface area contributed by atoms with Crippen molar-refractivity contribution in [1.29, 1.82) is 0 Å². The van der Waals surface area contributed by atoms with Crippen LogP contribution in [0.25, 0.3) is 0 Å². The minimum Gasteiger partial charge on any atom is -0.337 e. The SMILES string of the molecule is Cc1ccc(S(=O)(=O)N2CCCN(C(=O)c3cc(Cl)sc3Cl)CC2)cc1. The lowest BCUT2D eigenvalue weighted by molar-refractivity contribution is 0.0765. The molecule has 26 heavy (non-hydrogen) atoms. The smallest absolute Gasteiger partial charge is 0.256 e. The van der Waals surface area contributed by atoms with E-state index in [1.54, 1.807) is 35.2 Å². The van der Waals surface area contributed by atoms with E-state index >= 15 is 0 Å². The van der Waals surface area contributed by atoms with Gasteiger partial charge in [-0.15, -0.1) is 11.3 Å². The van der Waals surface area contributed by atoms with Crippen molar-refractivity contribution in [3.8, 4) is 0 Å². The van der Waals surface area contributed by atoms with Crippen molar-refractivity contribution in [1.82, 2.24) is 9.21 Å². The van der Waals surface area contributed by atoms with E-state index in [0.29, 0.717) is 40.3 Å². The molecule has 2 aromatic rings. The van der Waals surface area contributed by atoms with Crippen LogP contribution in [-0.4, -0.2) is 49.7 Å². The first-order valence-corrected chi connectivity index (χ1v) is 11.1. The maximum atomic E-state index is 12.8. The molecular weight excluding hydrogens is 415 g/mol. The lowest BCUT2D eigenvalue weighted by Crippen LogP contribution is -2.37. The average Bonchev–Trinajstić information content (AvgIpc) is 2.80. The summed E-state index contributed by atoms with van der Waals surface area (Å²) < 4.78 is 27.9. The summed E-state index contributed by atoms with van der Waals surface area (Å²) in [6, 6.07) is 8.35. The molecule has 5 nitrogen and oxygen atoms in total. The average molecular weight is 433 g/mol. The van der Waals surface area contributed by atoms with Crippen LogP contribution in [0.4, 0.5) is 0 Å². The van der Waals surface area contributed by atoms with Crippen LogP contribution < -0.4 is 0 Å². The van der Waals surface area contributed by atoms with Gasteiger partial charge in [-0.25, -0.2) is 8.42 Å². The van der Waals surface area contributed by atoms with E-state index in [9.17, 15) is 13.2 Å². The molecule has 1 saturated heterocycles. The molecule has 0 saturated carbocycles. The van der Waals surface area contributed by atoms with E-state index < -0.39 is 10.0 Å². The normalized spacial score (nSPS) is 16.5. The summed E-state index contributed by atoms with van der Waals surface area (Å²) in [5.41, 5.74) is 1.37. The summed E-state index contributed by atoms with van der Waals surface area (Å²) in [7, 11) is -3.57. The fourth-order valence-electron chi connectivity index (χ4n) is 2.85. The first kappa shape index (κ1) is 19.6. The highest BCUT2D eigenvalue weighted by molar-refractivity contribution is 7.89. The zero-order valence-corrected chi connectivity index (χ0v) is 17.3. The van der Waals surface area contributed by atoms with Crippen LogP contribution in [0.5, 0.6) is 0 Å². The van der Waals surface area contributed by atoms with E-state index in [2.05, 4.69) is 0 Å². The molecule has 0 aliphatic carbocycles. The van der Waals surface area contributed by atoms with E-state index in [1.807, 2.05) is 6.92 Å². The largest absolute Gasteiger partial charge is 0.337 e. The van der Waals surface area contributed by atoms with Crippen LogP contribution in [0.1, 0.15) is 22.3 Å². The van der Waals surface area contributed by atoms with Gasteiger partial charge in [0.15, 0.2) is 0 Å². The molecule has 0 atom stereocenters. The van der Waals surface area contributed by atoms with Crippen LogP contribution in [0, 0.1) is 6.92 Å². The molecule has 0 bridgehead atoms. The van der Waals surface area contributed by atoms with Gasteiger partial charge in [0.2, 0.25) is 10.0 Å². The van der Waals surface area contributed by atoms with Gasteiger partial charge in [0.05, 0.1) is 14.8 Å². The number of sulfonamides is 1. The van der Waals surface area contributed by atoms with Crippen molar-refractivity contribution >= 4 is 50.5 Å². The van der Waals surface area contributed by atoms with Crippen LogP contribution in [0.3, 0.4) is 0 Å². The Morgan fingerprint density at radius 3 is 2.38 bits per heavy atom. The number of hydrogen-bond donors (Lipinski definition) is 0. The van der Waals surface area contributed by atoms with Gasteiger partial charge in [-0.2, -0.15) is 4.31 Å². The van der Waals surface area contributed by atoms with Gasteiger partial charge in [0.25, 0.3) is 5.91 Å². The van der Waals surface area contributed by atoms with Crippen LogP contribution in [-0.2, 0) is 10.0 Å². The summed E-state index contributed by atoms with van der Waals surface area (Å²) >= 11 is 13.1. The van der Waals surface area contributed by atoms with Gasteiger partial charge in [-0.05, 0) is 31.5 Å². The van der Waals surface area contributed by atoms with E-state index in [4.69, 9.17) is 23.2 Å². The van der Waals surface area contributed by atoms with Gasteiger partial charge in [0.1, 0.15) is 4.34 Å². The minimum absolute atomic E-state index is 0.215. The number of carbonyl (C=O) groups excluding carboxylic acids is 1. The number of amides is 1. The van der Waals surface area contributed by atoms with Crippen molar-refractivity contribution in [2.75, 3.05) is 26.2 Å². The van der Waals surface area contributed by atoms with Crippen molar-refractivity contribution < 1.29 is 13.2 Å². The van der Waals surface area contributed by atoms with E-state index in [-0.39, 0.29) is 17.3 Å². The first-order valence-electron chi connectivity index (χ1n) is 8.10. The summed E-state index contributed by atoms with van der Waals surface area (Å²) in [5.74, 6) is -0.215. The van der Waals surface area contributed by atoms with Gasteiger partial charge in [0, 0.05) is 26.2 Å². The summed E-state index contributed by atoms with van der Waals surface area (Å²) in [5, 5.41) is 0. The third-order valence-electron chi connectivity index (χ3n) is 4.29. The highest BCUT2D eigenvalue weighted by Gasteiger charge is 2.29. The molecule has 1 aromatic heterocycles. The van der Waals surface area contributed by atoms with Crippen molar-refractivity contribution in [2.45, 2.75) is 18.2 Å². The molecule has 1 amide bonds. The molecule has 2 heterocycles. The quantitative estimate of drug-likeness (QED) is 0.738. The topological polar surface area (TPSA) is 57.7 Å². The Morgan fingerprint density at radius 2 is 1.77 bits per heavy atom. The summed E-state index contributed by atoms with van der Waals surface area (Å²) in [6.07, 6.45) is 0.562. The molecule has 0 radical (unpaired) electrons. The van der Waals surface area contributed by atoms with Gasteiger partial charge < -0.3 is 4.90 Å². The fraction of sp³-hybridized carbons (Fsp3) is 0.353. The predicted octanol–water partition coefficient (Wildman–Crippen LogP) is 3.90. The maximum absolute atomic E-state index is 12.8. The number of nitrogens with zero attached hydrogens (tertiary/aromatic N) is 2. The summed E-state index contributed by atoms with van der Waals surface area (Å²) in [4.78, 5) is 14.6. The van der Waals surface area contributed by atoms with Gasteiger partial charge >= 0.3 is 0 Å². The van der Waals surface area contributed by atoms with Crippen LogP contribution >= 0.6 is 34.5 Å². The Kier molecular flexibility index (Phi) is 5.94. The number of thiophene rings is 1. The molecule has 0 unspecified atom stereocenters. The number of hydrogen-bond acceptors (Lipinski definition) is 4. The van der Waals surface area contributed by atoms with Gasteiger partial charge in [-0.1, -0.05) is 40.9 Å². The van der Waals surface area contributed by atoms with E-state index in [0.717, 1.165) is 16.9 Å². The van der Waals surface area contributed by atoms with Crippen molar-refractivity contribution in [3.05, 3.63) is 50.1 Å². The number of rotatable bonds is 3. The van der Waals surface area contributed by atoms with Crippen LogP contribution in [0.2, 0.25) is 8.67 Å². The van der Waals surface area contributed by atoms with Crippen molar-refractivity contribution in [2.24, 2.45) is 0 Å². The Hall–Kier alpha value is -1.12. The second-order valence-corrected chi connectivity index (χ2v) is 10.3. The number of carbonyl (C=O) groups is 1. The Morgan fingerprint density at radius 1 is 1.08 bits per heavy atom. The molecular formula is C17H18Cl2N2O3S2. The minimum atomic E-state index is -3.57. The highest BCUT2D eigenvalue weighted by Crippen LogP contribution is 2.32. The molecule has 1 aromatic carbocycles. The molecule has 1 aliphatic heterocycles. The van der Waals surface area contributed by atoms with Crippen LogP contribution in [0.15, 0.2) is 35.2 Å². The zero-order valence-electron chi connectivity index (χ0n) is 14.1. The molecule has 0 N–H and O–H groups in total. The Balaban J connectivity index is 1.74. The zero-order chi connectivity index (χ0) is 18.9.